The van der Waals surface area contributed by atoms with Crippen LogP contribution in [0, 0.1) is 11.7 Å². The van der Waals surface area contributed by atoms with E-state index in [1.54, 1.807) is 24.1 Å². The maximum atomic E-state index is 13.0. The Balaban J connectivity index is 1.70. The van der Waals surface area contributed by atoms with Crippen LogP contribution in [0.4, 0.5) is 4.39 Å². The van der Waals surface area contributed by atoms with Gasteiger partial charge in [-0.05, 0) is 24.1 Å². The van der Waals surface area contributed by atoms with E-state index in [0.29, 0.717) is 32.4 Å². The molecule has 1 atom stereocenters. The van der Waals surface area contributed by atoms with Crippen LogP contribution in [0.5, 0.6) is 0 Å². The van der Waals surface area contributed by atoms with Crippen LogP contribution >= 0.6 is 0 Å². The van der Waals surface area contributed by atoms with Crippen molar-refractivity contribution in [3.8, 4) is 0 Å². The number of nitrogens with zero attached hydrogens (tertiary/aromatic N) is 1. The molecule has 2 amide bonds. The molecule has 0 aromatic heterocycles. The summed E-state index contributed by atoms with van der Waals surface area (Å²) >= 11 is 0. The minimum Gasteiger partial charge on any atom is -0.356 e. The third-order valence-corrected chi connectivity index (χ3v) is 3.54. The largest absolute Gasteiger partial charge is 0.356 e. The molecule has 1 aliphatic heterocycles. The van der Waals surface area contributed by atoms with Crippen LogP contribution in [0.15, 0.2) is 24.3 Å². The number of aryl methyl sites for hydroxylation is 1. The highest BCUT2D eigenvalue weighted by Crippen LogP contribution is 2.14. The summed E-state index contributed by atoms with van der Waals surface area (Å²) in [5.74, 6) is -0.0127. The standard InChI is InChI=1S/C15H19FN2O2/c1-18-10-12(8-15(18)20)9-17-14(19)6-5-11-3-2-4-13(16)7-11/h2-4,7,12H,5-6,8-10H2,1H3,(H,17,19). The van der Waals surface area contributed by atoms with Gasteiger partial charge in [-0.15, -0.1) is 0 Å². The molecule has 1 N–H and O–H groups in total. The quantitative estimate of drug-likeness (QED) is 0.884. The Bertz CT molecular complexity index is 504. The molecule has 1 saturated heterocycles. The van der Waals surface area contributed by atoms with Gasteiger partial charge in [0.05, 0.1) is 0 Å². The molecule has 0 radical (unpaired) electrons. The normalized spacial score (nSPS) is 18.4. The summed E-state index contributed by atoms with van der Waals surface area (Å²) in [6, 6.07) is 6.28. The molecule has 2 rings (SSSR count). The van der Waals surface area contributed by atoms with Crippen LogP contribution < -0.4 is 5.32 Å². The van der Waals surface area contributed by atoms with Gasteiger partial charge < -0.3 is 10.2 Å². The van der Waals surface area contributed by atoms with Crippen molar-refractivity contribution in [3.63, 3.8) is 0 Å². The first-order chi connectivity index (χ1) is 9.54. The number of carbonyl (C=O) groups excluding carboxylic acids is 2. The van der Waals surface area contributed by atoms with Crippen molar-refractivity contribution < 1.29 is 14.0 Å². The molecule has 1 aromatic carbocycles. The number of likely N-dealkylation sites (tertiary alicyclic amines) is 1. The fourth-order valence-electron chi connectivity index (χ4n) is 2.39. The molecule has 0 bridgehead atoms. The van der Waals surface area contributed by atoms with Crippen LogP contribution in [-0.2, 0) is 16.0 Å². The summed E-state index contributed by atoms with van der Waals surface area (Å²) in [5.41, 5.74) is 0.816. The van der Waals surface area contributed by atoms with Gasteiger partial charge in [0.15, 0.2) is 0 Å². The molecule has 1 unspecified atom stereocenters. The molecular formula is C15H19FN2O2. The molecule has 0 spiro atoms. The van der Waals surface area contributed by atoms with Crippen molar-refractivity contribution in [3.05, 3.63) is 35.6 Å². The summed E-state index contributed by atoms with van der Waals surface area (Å²) in [6.07, 6.45) is 1.35. The zero-order valence-electron chi connectivity index (χ0n) is 11.6. The maximum absolute atomic E-state index is 13.0. The van der Waals surface area contributed by atoms with Crippen molar-refractivity contribution in [2.24, 2.45) is 5.92 Å². The SMILES string of the molecule is CN1CC(CNC(=O)CCc2cccc(F)c2)CC1=O. The fourth-order valence-corrected chi connectivity index (χ4v) is 2.39. The molecule has 108 valence electrons. The van der Waals surface area contributed by atoms with Crippen LogP contribution in [0.1, 0.15) is 18.4 Å². The van der Waals surface area contributed by atoms with E-state index >= 15 is 0 Å². The highest BCUT2D eigenvalue weighted by atomic mass is 19.1. The number of rotatable bonds is 5. The second-order valence-corrected chi connectivity index (χ2v) is 5.28. The molecule has 1 aliphatic rings. The summed E-state index contributed by atoms with van der Waals surface area (Å²) in [4.78, 5) is 24.8. The Morgan fingerprint density at radius 1 is 1.50 bits per heavy atom. The van der Waals surface area contributed by atoms with Gasteiger partial charge in [-0.1, -0.05) is 12.1 Å². The lowest BCUT2D eigenvalue weighted by atomic mass is 10.1. The van der Waals surface area contributed by atoms with Gasteiger partial charge in [-0.2, -0.15) is 0 Å². The van der Waals surface area contributed by atoms with Crippen LogP contribution in [0.3, 0.4) is 0 Å². The van der Waals surface area contributed by atoms with Crippen LogP contribution in [0.2, 0.25) is 0 Å². The van der Waals surface area contributed by atoms with Gasteiger partial charge in [0, 0.05) is 38.9 Å². The van der Waals surface area contributed by atoms with E-state index in [1.807, 2.05) is 0 Å². The number of carbonyl (C=O) groups is 2. The van der Waals surface area contributed by atoms with E-state index in [-0.39, 0.29) is 23.5 Å². The number of hydrogen-bond acceptors (Lipinski definition) is 2. The second-order valence-electron chi connectivity index (χ2n) is 5.28. The topological polar surface area (TPSA) is 49.4 Å². The Morgan fingerprint density at radius 3 is 2.95 bits per heavy atom. The van der Waals surface area contributed by atoms with E-state index in [1.165, 1.54) is 12.1 Å². The summed E-state index contributed by atoms with van der Waals surface area (Å²) in [7, 11) is 1.77. The smallest absolute Gasteiger partial charge is 0.222 e. The van der Waals surface area contributed by atoms with Crippen molar-refractivity contribution in [1.29, 1.82) is 0 Å². The third kappa shape index (κ3) is 4.05. The van der Waals surface area contributed by atoms with E-state index < -0.39 is 0 Å². The minimum absolute atomic E-state index is 0.0590. The Hall–Kier alpha value is -1.91. The number of hydrogen-bond donors (Lipinski definition) is 1. The number of nitrogens with one attached hydrogen (secondary N) is 1. The Kier molecular flexibility index (Phi) is 4.71. The zero-order valence-corrected chi connectivity index (χ0v) is 11.6. The number of amides is 2. The predicted molar refractivity (Wildman–Crippen MR) is 73.5 cm³/mol. The molecule has 1 fully saturated rings. The lowest BCUT2D eigenvalue weighted by Gasteiger charge is -2.11. The molecule has 4 nitrogen and oxygen atoms in total. The van der Waals surface area contributed by atoms with Crippen molar-refractivity contribution in [2.75, 3.05) is 20.1 Å². The van der Waals surface area contributed by atoms with Crippen LogP contribution in [-0.4, -0.2) is 36.9 Å². The van der Waals surface area contributed by atoms with Gasteiger partial charge in [0.2, 0.25) is 11.8 Å². The molecule has 5 heteroatoms. The Labute approximate surface area is 118 Å². The first kappa shape index (κ1) is 14.5. The van der Waals surface area contributed by atoms with Gasteiger partial charge in [0.25, 0.3) is 0 Å². The maximum Gasteiger partial charge on any atom is 0.222 e. The molecule has 0 aliphatic carbocycles. The second kappa shape index (κ2) is 6.50. The summed E-state index contributed by atoms with van der Waals surface area (Å²) < 4.78 is 13.0. The Morgan fingerprint density at radius 2 is 2.30 bits per heavy atom. The van der Waals surface area contributed by atoms with E-state index in [9.17, 15) is 14.0 Å². The highest BCUT2D eigenvalue weighted by molar-refractivity contribution is 5.79. The van der Waals surface area contributed by atoms with E-state index in [4.69, 9.17) is 0 Å². The van der Waals surface area contributed by atoms with Crippen molar-refractivity contribution in [2.45, 2.75) is 19.3 Å². The lowest BCUT2D eigenvalue weighted by Crippen LogP contribution is -2.30. The third-order valence-electron chi connectivity index (χ3n) is 3.54. The minimum atomic E-state index is -0.282. The van der Waals surface area contributed by atoms with E-state index in [2.05, 4.69) is 5.32 Å². The molecular weight excluding hydrogens is 259 g/mol. The lowest BCUT2D eigenvalue weighted by molar-refractivity contribution is -0.126. The average molecular weight is 278 g/mol. The highest BCUT2D eigenvalue weighted by Gasteiger charge is 2.26. The first-order valence-electron chi connectivity index (χ1n) is 6.79. The molecule has 1 aromatic rings. The summed E-state index contributed by atoms with van der Waals surface area (Å²) in [6.45, 7) is 1.22. The number of benzene rings is 1. The monoisotopic (exact) mass is 278 g/mol. The average Bonchev–Trinajstić information content (AvgIpc) is 2.73. The van der Waals surface area contributed by atoms with Gasteiger partial charge in [-0.25, -0.2) is 4.39 Å². The molecule has 1 heterocycles. The van der Waals surface area contributed by atoms with Crippen LogP contribution in [0.25, 0.3) is 0 Å². The first-order valence-corrected chi connectivity index (χ1v) is 6.79. The predicted octanol–water partition coefficient (Wildman–Crippen LogP) is 1.35. The van der Waals surface area contributed by atoms with Crippen molar-refractivity contribution in [1.82, 2.24) is 10.2 Å². The van der Waals surface area contributed by atoms with Gasteiger partial charge in [-0.3, -0.25) is 9.59 Å². The van der Waals surface area contributed by atoms with E-state index in [0.717, 1.165) is 5.56 Å². The van der Waals surface area contributed by atoms with Gasteiger partial charge in [0.1, 0.15) is 5.82 Å². The molecule has 20 heavy (non-hydrogen) atoms. The molecule has 0 saturated carbocycles. The van der Waals surface area contributed by atoms with Crippen molar-refractivity contribution >= 4 is 11.8 Å². The van der Waals surface area contributed by atoms with Gasteiger partial charge >= 0.3 is 0 Å². The fraction of sp³-hybridized carbons (Fsp3) is 0.467. The zero-order chi connectivity index (χ0) is 14.5. The number of halogens is 1. The summed E-state index contributed by atoms with van der Waals surface area (Å²) in [5, 5.41) is 2.84.